The van der Waals surface area contributed by atoms with Gasteiger partial charge in [-0.1, -0.05) is 84.4 Å². The number of rotatable bonds is 11. The summed E-state index contributed by atoms with van der Waals surface area (Å²) in [5.41, 5.74) is 23.7. The molecule has 3 amide bonds. The second-order valence-electron chi connectivity index (χ2n) is 17.2. The van der Waals surface area contributed by atoms with Crippen LogP contribution in [0.25, 0.3) is 22.2 Å². The molecule has 9 rings (SSSR count). The Morgan fingerprint density at radius 2 is 1.29 bits per heavy atom. The number of aryl methyl sites for hydroxylation is 2. The number of anilines is 4. The van der Waals surface area contributed by atoms with Gasteiger partial charge in [-0.05, 0) is 92.1 Å². The number of carbonyl (C=O) groups is 4. The number of nitrogens with two attached hydrogens (primary N) is 3. The maximum atomic E-state index is 13.4. The van der Waals surface area contributed by atoms with Crippen LogP contribution in [0, 0.1) is 24.0 Å². The smallest absolute Gasteiger partial charge is 0.290 e. The van der Waals surface area contributed by atoms with Crippen molar-refractivity contribution in [2.24, 2.45) is 0 Å². The van der Waals surface area contributed by atoms with Crippen LogP contribution in [0.15, 0.2) is 122 Å². The highest BCUT2D eigenvalue weighted by molar-refractivity contribution is 6.38. The van der Waals surface area contributed by atoms with Crippen LogP contribution in [0.1, 0.15) is 53.6 Å². The van der Waals surface area contributed by atoms with Crippen molar-refractivity contribution in [3.8, 4) is 11.3 Å². The minimum absolute atomic E-state index is 0.000741. The molecule has 0 radical (unpaired) electrons. The molecule has 2 aliphatic rings. The Balaban J connectivity index is 0.000000298. The summed E-state index contributed by atoms with van der Waals surface area (Å²) in [4.78, 5) is 81.2. The number of nitro groups is 1. The van der Waals surface area contributed by atoms with E-state index in [9.17, 15) is 29.3 Å². The molecule has 2 saturated heterocycles. The van der Waals surface area contributed by atoms with E-state index in [-0.39, 0.29) is 48.5 Å². The number of aromatic amines is 1. The van der Waals surface area contributed by atoms with Gasteiger partial charge in [-0.25, -0.2) is 9.97 Å². The number of aromatic nitrogens is 4. The Labute approximate surface area is 409 Å². The molecule has 3 aromatic carbocycles. The van der Waals surface area contributed by atoms with Gasteiger partial charge in [0.25, 0.3) is 5.69 Å². The van der Waals surface area contributed by atoms with E-state index in [1.807, 2.05) is 97.9 Å². The lowest BCUT2D eigenvalue weighted by Crippen LogP contribution is -2.43. The van der Waals surface area contributed by atoms with Crippen molar-refractivity contribution in [2.75, 3.05) is 35.6 Å². The van der Waals surface area contributed by atoms with Gasteiger partial charge in [-0.2, -0.15) is 0 Å². The summed E-state index contributed by atoms with van der Waals surface area (Å²) in [6.45, 7) is 4.67. The first kappa shape index (κ1) is 49.7. The van der Waals surface area contributed by atoms with Crippen LogP contribution in [0.4, 0.5) is 28.7 Å². The van der Waals surface area contributed by atoms with Gasteiger partial charge in [0.15, 0.2) is 5.78 Å². The minimum Gasteiger partial charge on any atom is -0.397 e. The normalized spacial score (nSPS) is 15.1. The average molecular weight is 965 g/mol. The lowest BCUT2D eigenvalue weighted by atomic mass is 10.0. The number of amides is 3. The molecule has 17 nitrogen and oxygen atoms in total. The van der Waals surface area contributed by atoms with E-state index < -0.39 is 17.0 Å². The van der Waals surface area contributed by atoms with Crippen LogP contribution in [-0.4, -0.2) is 83.3 Å². The molecule has 6 heterocycles. The highest BCUT2D eigenvalue weighted by Crippen LogP contribution is 2.35. The average Bonchev–Trinajstić information content (AvgIpc) is 4.12. The lowest BCUT2D eigenvalue weighted by molar-refractivity contribution is -0.385. The highest BCUT2D eigenvalue weighted by Gasteiger charge is 2.35. The standard InChI is InChI=1S/C40H38ClN5O4.C6H7N3O2.C6H9N3/c41-38-31-23-30(24-35(47)33-13-7-19-45(33)36(48)21-26-9-3-1-4-10-26)42-25-32(31)44-39(38)28-15-17-29(18-16-28)43-40(50)34-14-8-20-46(34)37(49)22-27-11-5-2-6-12-27;1-4-2-6(7)8-3-5(4)9(10)11;1-4-2-6(8)9-3-5(4)7/h1-6,9-12,15-18,23,25,33-34,44H,7-8,13-14,19-22,24H2,(H,43,50);2-3H,1H3,(H2,7,8);2-3H,7H2,1H3,(H2,8,9)/t33-,34-;;/m0../s1. The molecule has 0 aliphatic carbocycles. The number of benzene rings is 3. The maximum Gasteiger partial charge on any atom is 0.290 e. The number of ketones is 1. The maximum absolute atomic E-state index is 13.4. The SMILES string of the molecule is Cc1cc(N)ncc1N.Cc1cc(N)ncc1[N+](=O)[O-].O=C(Cc1cc2c(Cl)c(-c3ccc(NC(=O)[C@@H]4CCCN4C(=O)Cc4ccccc4)cc3)[nH]c2cn1)[C@@H]1CCCN1C(=O)Cc1ccccc1. The van der Waals surface area contributed by atoms with E-state index in [0.717, 1.165) is 52.2 Å². The van der Waals surface area contributed by atoms with Crippen LogP contribution in [-0.2, 0) is 38.4 Å². The predicted molar refractivity (Wildman–Crippen MR) is 271 cm³/mol. The van der Waals surface area contributed by atoms with Gasteiger partial charge in [-0.15, -0.1) is 0 Å². The summed E-state index contributed by atoms with van der Waals surface area (Å²) in [5.74, 6) is 0.508. The van der Waals surface area contributed by atoms with Gasteiger partial charge < -0.3 is 37.3 Å². The van der Waals surface area contributed by atoms with Gasteiger partial charge in [-0.3, -0.25) is 34.3 Å². The van der Waals surface area contributed by atoms with Crippen molar-refractivity contribution < 1.29 is 24.1 Å². The van der Waals surface area contributed by atoms with Crippen molar-refractivity contribution in [3.05, 3.63) is 165 Å². The first-order valence-electron chi connectivity index (χ1n) is 22.8. The van der Waals surface area contributed by atoms with Crippen LogP contribution in [0.5, 0.6) is 0 Å². The second-order valence-corrected chi connectivity index (χ2v) is 17.6. The topological polar surface area (TPSA) is 262 Å². The number of fused-ring (bicyclic) bond motifs is 1. The number of pyridine rings is 3. The summed E-state index contributed by atoms with van der Waals surface area (Å²) in [7, 11) is 0. The Bertz CT molecular complexity index is 3010. The summed E-state index contributed by atoms with van der Waals surface area (Å²) in [6, 6.07) is 30.6. The fraction of sp³-hybridized carbons (Fsp3) is 0.250. The van der Waals surface area contributed by atoms with E-state index in [1.54, 1.807) is 35.2 Å². The van der Waals surface area contributed by atoms with Gasteiger partial charge >= 0.3 is 0 Å². The first-order valence-corrected chi connectivity index (χ1v) is 23.1. The summed E-state index contributed by atoms with van der Waals surface area (Å²) < 4.78 is 0. The largest absolute Gasteiger partial charge is 0.397 e. The zero-order chi connectivity index (χ0) is 49.9. The summed E-state index contributed by atoms with van der Waals surface area (Å²) in [5, 5.41) is 14.5. The number of hydrogen-bond donors (Lipinski definition) is 5. The summed E-state index contributed by atoms with van der Waals surface area (Å²) in [6.07, 6.45) is 7.92. The van der Waals surface area contributed by atoms with E-state index >= 15 is 0 Å². The quantitative estimate of drug-likeness (QED) is 0.0613. The Morgan fingerprint density at radius 3 is 1.84 bits per heavy atom. The molecule has 0 spiro atoms. The molecule has 0 saturated carbocycles. The zero-order valence-electron chi connectivity index (χ0n) is 38.8. The molecule has 4 aromatic heterocycles. The number of nitrogen functional groups attached to an aromatic ring is 3. The predicted octanol–water partition coefficient (Wildman–Crippen LogP) is 7.84. The van der Waals surface area contributed by atoms with Crippen molar-refractivity contribution in [3.63, 3.8) is 0 Å². The molecule has 7 aromatic rings. The number of nitrogens with zero attached hydrogens (tertiary/aromatic N) is 6. The molecular weight excluding hydrogens is 910 g/mol. The fourth-order valence-electron chi connectivity index (χ4n) is 8.47. The van der Waals surface area contributed by atoms with Crippen LogP contribution in [0.2, 0.25) is 5.02 Å². The van der Waals surface area contributed by atoms with E-state index in [4.69, 9.17) is 28.8 Å². The molecule has 0 unspecified atom stereocenters. The monoisotopic (exact) mass is 963 g/mol. The van der Waals surface area contributed by atoms with Crippen LogP contribution >= 0.6 is 11.6 Å². The van der Waals surface area contributed by atoms with Gasteiger partial charge in [0.1, 0.15) is 23.9 Å². The minimum atomic E-state index is -0.505. The third kappa shape index (κ3) is 12.5. The Kier molecular flexibility index (Phi) is 16.2. The molecule has 2 aliphatic heterocycles. The van der Waals surface area contributed by atoms with Gasteiger partial charge in [0, 0.05) is 35.4 Å². The lowest BCUT2D eigenvalue weighted by Gasteiger charge is -2.24. The molecule has 2 fully saturated rings. The molecular formula is C52H54ClN11O6. The number of Topliss-reactive ketones (excluding diaryl/α,β-unsaturated/α-hetero) is 1. The fourth-order valence-corrected chi connectivity index (χ4v) is 8.79. The third-order valence-electron chi connectivity index (χ3n) is 12.2. The van der Waals surface area contributed by atoms with Crippen molar-refractivity contribution in [2.45, 2.75) is 70.9 Å². The third-order valence-corrected chi connectivity index (χ3v) is 12.6. The number of carbonyl (C=O) groups excluding carboxylic acids is 4. The molecule has 360 valence electrons. The number of H-pyrrole nitrogens is 1. The van der Waals surface area contributed by atoms with E-state index in [0.29, 0.717) is 70.9 Å². The molecule has 70 heavy (non-hydrogen) atoms. The number of likely N-dealkylation sites (tertiary alicyclic amines) is 2. The molecule has 2 atom stereocenters. The first-order chi connectivity index (χ1) is 33.6. The molecule has 18 heteroatoms. The Morgan fingerprint density at radius 1 is 0.729 bits per heavy atom. The van der Waals surface area contributed by atoms with Crippen LogP contribution in [0.3, 0.4) is 0 Å². The Hall–Kier alpha value is -8.18. The highest BCUT2D eigenvalue weighted by atomic mass is 35.5. The van der Waals surface area contributed by atoms with Gasteiger partial charge in [0.2, 0.25) is 17.7 Å². The van der Waals surface area contributed by atoms with Crippen molar-refractivity contribution in [1.29, 1.82) is 0 Å². The van der Waals surface area contributed by atoms with Crippen molar-refractivity contribution >= 4 is 74.7 Å². The number of halogens is 1. The van der Waals surface area contributed by atoms with Gasteiger partial charge in [0.05, 0.1) is 64.5 Å². The number of hydrogen-bond acceptors (Lipinski definition) is 12. The second kappa shape index (κ2) is 22.7. The zero-order valence-corrected chi connectivity index (χ0v) is 39.6. The summed E-state index contributed by atoms with van der Waals surface area (Å²) >= 11 is 6.88. The van der Waals surface area contributed by atoms with Crippen molar-refractivity contribution in [1.82, 2.24) is 29.7 Å². The number of nitrogens with one attached hydrogen (secondary N) is 2. The van der Waals surface area contributed by atoms with E-state index in [2.05, 4.69) is 25.3 Å². The van der Waals surface area contributed by atoms with E-state index in [1.165, 1.54) is 6.07 Å². The molecule has 0 bridgehead atoms. The molecule has 8 N–H and O–H groups in total. The van der Waals surface area contributed by atoms with Crippen LogP contribution < -0.4 is 22.5 Å².